The van der Waals surface area contributed by atoms with Gasteiger partial charge in [-0.2, -0.15) is 5.26 Å². The first-order valence-corrected chi connectivity index (χ1v) is 8.69. The smallest absolute Gasteiger partial charge is 0.106 e. The van der Waals surface area contributed by atoms with E-state index >= 15 is 0 Å². The Labute approximate surface area is 124 Å². The van der Waals surface area contributed by atoms with E-state index in [4.69, 9.17) is 0 Å². The zero-order valence-electron chi connectivity index (χ0n) is 13.2. The number of likely N-dealkylation sites (tertiary alicyclic amines) is 1. The highest BCUT2D eigenvalue weighted by Gasteiger charge is 2.34. The van der Waals surface area contributed by atoms with E-state index in [-0.39, 0.29) is 5.54 Å². The van der Waals surface area contributed by atoms with Crippen LogP contribution < -0.4 is 5.32 Å². The largest absolute Gasteiger partial charge is 0.303 e. The fourth-order valence-corrected chi connectivity index (χ4v) is 3.28. The summed E-state index contributed by atoms with van der Waals surface area (Å²) in [5.41, 5.74) is -0.260. The predicted molar refractivity (Wildman–Crippen MR) is 83.6 cm³/mol. The minimum Gasteiger partial charge on any atom is -0.303 e. The van der Waals surface area contributed by atoms with E-state index in [1.807, 2.05) is 0 Å². The third-order valence-electron chi connectivity index (χ3n) is 4.90. The molecule has 2 fully saturated rings. The number of rotatable bonds is 7. The number of nitriles is 1. The molecule has 3 nitrogen and oxygen atoms in total. The lowest BCUT2D eigenvalue weighted by atomic mass is 9.91. The second-order valence-corrected chi connectivity index (χ2v) is 6.68. The van der Waals surface area contributed by atoms with Crippen LogP contribution in [0, 0.1) is 11.3 Å². The summed E-state index contributed by atoms with van der Waals surface area (Å²) >= 11 is 0. The van der Waals surface area contributed by atoms with Crippen LogP contribution in [0.15, 0.2) is 0 Å². The van der Waals surface area contributed by atoms with Crippen molar-refractivity contribution >= 4 is 0 Å². The van der Waals surface area contributed by atoms with Gasteiger partial charge in [0.2, 0.25) is 0 Å². The van der Waals surface area contributed by atoms with Crippen molar-refractivity contribution in [2.24, 2.45) is 0 Å². The second kappa shape index (κ2) is 8.00. The first-order valence-electron chi connectivity index (χ1n) is 8.69. The Balaban J connectivity index is 1.72. The van der Waals surface area contributed by atoms with Crippen molar-refractivity contribution in [3.05, 3.63) is 0 Å². The molecule has 1 unspecified atom stereocenters. The molecule has 0 amide bonds. The molecule has 1 saturated heterocycles. The number of nitrogens with zero attached hydrogens (tertiary/aromatic N) is 2. The predicted octanol–water partition coefficient (Wildman–Crippen LogP) is 3.46. The van der Waals surface area contributed by atoms with E-state index in [2.05, 4.69) is 23.2 Å². The van der Waals surface area contributed by atoms with E-state index in [1.54, 1.807) is 0 Å². The lowest BCUT2D eigenvalue weighted by molar-refractivity contribution is 0.231. The molecule has 0 spiro atoms. The molecular formula is C17H31N3. The van der Waals surface area contributed by atoms with Crippen molar-refractivity contribution in [2.45, 2.75) is 82.7 Å². The van der Waals surface area contributed by atoms with Crippen LogP contribution in [0.25, 0.3) is 0 Å². The van der Waals surface area contributed by atoms with Gasteiger partial charge in [0.25, 0.3) is 0 Å². The minimum atomic E-state index is -0.260. The molecule has 0 bridgehead atoms. The second-order valence-electron chi connectivity index (χ2n) is 6.68. The standard InChI is InChI=1S/C17H31N3/c1-2-17(15-18,19-16-9-10-16)11-8-14-20-12-6-4-3-5-7-13-20/h16,19H,2-14H2,1H3. The van der Waals surface area contributed by atoms with Crippen LogP contribution >= 0.6 is 0 Å². The molecule has 2 rings (SSSR count). The van der Waals surface area contributed by atoms with Crippen molar-refractivity contribution in [2.75, 3.05) is 19.6 Å². The Morgan fingerprint density at radius 2 is 1.80 bits per heavy atom. The minimum absolute atomic E-state index is 0.260. The van der Waals surface area contributed by atoms with Crippen molar-refractivity contribution in [1.82, 2.24) is 10.2 Å². The van der Waals surface area contributed by atoms with Crippen LogP contribution in [0.1, 0.15) is 71.1 Å². The molecule has 0 radical (unpaired) electrons. The molecule has 20 heavy (non-hydrogen) atoms. The van der Waals surface area contributed by atoms with Gasteiger partial charge in [0.15, 0.2) is 0 Å². The molecule has 1 saturated carbocycles. The summed E-state index contributed by atoms with van der Waals surface area (Å²) < 4.78 is 0. The molecule has 1 aliphatic carbocycles. The molecule has 0 aromatic carbocycles. The summed E-state index contributed by atoms with van der Waals surface area (Å²) in [4.78, 5) is 2.62. The highest BCUT2D eigenvalue weighted by Crippen LogP contribution is 2.26. The number of hydrogen-bond acceptors (Lipinski definition) is 3. The third-order valence-corrected chi connectivity index (χ3v) is 4.90. The van der Waals surface area contributed by atoms with Gasteiger partial charge >= 0.3 is 0 Å². The fourth-order valence-electron chi connectivity index (χ4n) is 3.28. The summed E-state index contributed by atoms with van der Waals surface area (Å²) in [6.07, 6.45) is 12.6. The third kappa shape index (κ3) is 5.07. The van der Waals surface area contributed by atoms with Crippen LogP contribution in [0.5, 0.6) is 0 Å². The molecule has 114 valence electrons. The molecule has 1 N–H and O–H groups in total. The lowest BCUT2D eigenvalue weighted by Gasteiger charge is -2.29. The van der Waals surface area contributed by atoms with Crippen molar-refractivity contribution < 1.29 is 0 Å². The monoisotopic (exact) mass is 277 g/mol. The summed E-state index contributed by atoms with van der Waals surface area (Å²) in [5, 5.41) is 13.1. The average molecular weight is 277 g/mol. The van der Waals surface area contributed by atoms with Crippen LogP contribution in [-0.2, 0) is 0 Å². The van der Waals surface area contributed by atoms with Gasteiger partial charge in [0.05, 0.1) is 6.07 Å². The highest BCUT2D eigenvalue weighted by molar-refractivity contribution is 5.09. The Morgan fingerprint density at radius 3 is 2.35 bits per heavy atom. The van der Waals surface area contributed by atoms with Gasteiger partial charge < -0.3 is 4.90 Å². The summed E-state index contributed by atoms with van der Waals surface area (Å²) in [7, 11) is 0. The first kappa shape index (κ1) is 15.8. The zero-order chi connectivity index (χ0) is 14.3. The van der Waals surface area contributed by atoms with Gasteiger partial charge in [-0.1, -0.05) is 26.2 Å². The van der Waals surface area contributed by atoms with Gasteiger partial charge in [-0.25, -0.2) is 0 Å². The topological polar surface area (TPSA) is 39.1 Å². The fraction of sp³-hybridized carbons (Fsp3) is 0.941. The molecule has 1 heterocycles. The molecule has 2 aliphatic rings. The van der Waals surface area contributed by atoms with E-state index in [1.165, 1.54) is 64.6 Å². The molecule has 0 aromatic rings. The summed E-state index contributed by atoms with van der Waals surface area (Å²) in [5.74, 6) is 0. The van der Waals surface area contributed by atoms with Crippen LogP contribution in [0.2, 0.25) is 0 Å². The van der Waals surface area contributed by atoms with Crippen molar-refractivity contribution in [3.8, 4) is 6.07 Å². The number of hydrogen-bond donors (Lipinski definition) is 1. The van der Waals surface area contributed by atoms with E-state index in [0.29, 0.717) is 6.04 Å². The maximum Gasteiger partial charge on any atom is 0.106 e. The quantitative estimate of drug-likeness (QED) is 0.774. The van der Waals surface area contributed by atoms with Gasteiger partial charge in [-0.15, -0.1) is 0 Å². The van der Waals surface area contributed by atoms with Gasteiger partial charge in [0, 0.05) is 6.04 Å². The Kier molecular flexibility index (Phi) is 6.32. The maximum absolute atomic E-state index is 9.55. The zero-order valence-corrected chi connectivity index (χ0v) is 13.2. The Bertz CT molecular complexity index is 311. The van der Waals surface area contributed by atoms with E-state index < -0.39 is 0 Å². The van der Waals surface area contributed by atoms with Gasteiger partial charge in [-0.3, -0.25) is 5.32 Å². The average Bonchev–Trinajstić information content (AvgIpc) is 3.23. The molecule has 1 atom stereocenters. The normalized spacial score (nSPS) is 24.4. The Morgan fingerprint density at radius 1 is 1.15 bits per heavy atom. The van der Waals surface area contributed by atoms with E-state index in [0.717, 1.165) is 19.3 Å². The first-order chi connectivity index (χ1) is 9.78. The Hall–Kier alpha value is -0.590. The van der Waals surface area contributed by atoms with E-state index in [9.17, 15) is 5.26 Å². The maximum atomic E-state index is 9.55. The van der Waals surface area contributed by atoms with Crippen molar-refractivity contribution in [3.63, 3.8) is 0 Å². The lowest BCUT2D eigenvalue weighted by Crippen LogP contribution is -2.45. The van der Waals surface area contributed by atoms with Gasteiger partial charge in [0.1, 0.15) is 5.54 Å². The SMILES string of the molecule is CCC(C#N)(CCCN1CCCCCCC1)NC1CC1. The molecule has 0 aromatic heterocycles. The van der Waals surface area contributed by atoms with Crippen LogP contribution in [0.4, 0.5) is 0 Å². The van der Waals surface area contributed by atoms with Crippen LogP contribution in [0.3, 0.4) is 0 Å². The summed E-state index contributed by atoms with van der Waals surface area (Å²) in [6, 6.07) is 3.19. The molecule has 1 aliphatic heterocycles. The molecule has 3 heteroatoms. The van der Waals surface area contributed by atoms with Crippen LogP contribution in [-0.4, -0.2) is 36.1 Å². The summed E-state index contributed by atoms with van der Waals surface area (Å²) in [6.45, 7) is 5.86. The highest BCUT2D eigenvalue weighted by atomic mass is 15.1. The molecular weight excluding hydrogens is 246 g/mol. The van der Waals surface area contributed by atoms with Gasteiger partial charge in [-0.05, 0) is 64.6 Å². The van der Waals surface area contributed by atoms with Crippen molar-refractivity contribution in [1.29, 1.82) is 5.26 Å². The number of nitrogens with one attached hydrogen (secondary N) is 1.